The Morgan fingerprint density at radius 3 is 2.00 bits per heavy atom. The van der Waals surface area contributed by atoms with Crippen LogP contribution in [0.1, 0.15) is 20.9 Å². The van der Waals surface area contributed by atoms with Gasteiger partial charge in [0.25, 0.3) is 17.5 Å². The Kier molecular flexibility index (Phi) is 6.62. The van der Waals surface area contributed by atoms with E-state index in [-0.39, 0.29) is 22.0 Å². The van der Waals surface area contributed by atoms with E-state index in [1.807, 2.05) is 0 Å². The lowest BCUT2D eigenvalue weighted by molar-refractivity contribution is -0.384. The van der Waals surface area contributed by atoms with E-state index < -0.39 is 16.7 Å². The van der Waals surface area contributed by atoms with Crippen LogP contribution in [-0.2, 0) is 0 Å². The molecule has 3 aromatic carbocycles. The van der Waals surface area contributed by atoms with E-state index in [0.29, 0.717) is 27.7 Å². The van der Waals surface area contributed by atoms with E-state index in [2.05, 4.69) is 10.6 Å². The zero-order chi connectivity index (χ0) is 24.2. The van der Waals surface area contributed by atoms with Gasteiger partial charge in [0.15, 0.2) is 5.76 Å². The summed E-state index contributed by atoms with van der Waals surface area (Å²) in [4.78, 5) is 35.2. The van der Waals surface area contributed by atoms with Gasteiger partial charge in [0, 0.05) is 34.1 Å². The highest BCUT2D eigenvalue weighted by molar-refractivity contribution is 6.37. The molecular formula is C24H15Cl2N3O5. The van der Waals surface area contributed by atoms with Gasteiger partial charge in [-0.3, -0.25) is 19.7 Å². The quantitative estimate of drug-likeness (QED) is 0.229. The molecule has 0 radical (unpaired) electrons. The molecule has 170 valence electrons. The number of amides is 2. The molecular weight excluding hydrogens is 481 g/mol. The summed E-state index contributed by atoms with van der Waals surface area (Å²) >= 11 is 11.9. The smallest absolute Gasteiger partial charge is 0.291 e. The molecule has 0 aliphatic heterocycles. The lowest BCUT2D eigenvalue weighted by atomic mass is 10.1. The van der Waals surface area contributed by atoms with E-state index in [1.54, 1.807) is 48.5 Å². The van der Waals surface area contributed by atoms with Crippen molar-refractivity contribution in [2.24, 2.45) is 0 Å². The number of carbonyl (C=O) groups is 2. The summed E-state index contributed by atoms with van der Waals surface area (Å²) in [5, 5.41) is 16.9. The van der Waals surface area contributed by atoms with Crippen LogP contribution in [0.25, 0.3) is 11.3 Å². The van der Waals surface area contributed by atoms with E-state index in [0.717, 1.165) is 0 Å². The monoisotopic (exact) mass is 495 g/mol. The Morgan fingerprint density at radius 1 is 0.794 bits per heavy atom. The van der Waals surface area contributed by atoms with E-state index in [9.17, 15) is 19.7 Å². The molecule has 0 bridgehead atoms. The Hall–Kier alpha value is -4.14. The molecule has 2 amide bonds. The van der Waals surface area contributed by atoms with Crippen LogP contribution in [-0.4, -0.2) is 16.7 Å². The first-order valence-corrected chi connectivity index (χ1v) is 10.6. The van der Waals surface area contributed by atoms with Crippen LogP contribution in [0.3, 0.4) is 0 Å². The molecule has 8 nitrogen and oxygen atoms in total. The summed E-state index contributed by atoms with van der Waals surface area (Å²) in [6.45, 7) is 0. The third kappa shape index (κ3) is 5.25. The van der Waals surface area contributed by atoms with Gasteiger partial charge in [-0.25, -0.2) is 0 Å². The molecule has 0 aliphatic carbocycles. The number of nitro groups is 1. The number of non-ortho nitro benzene ring substituents is 1. The second kappa shape index (κ2) is 9.78. The summed E-state index contributed by atoms with van der Waals surface area (Å²) < 4.78 is 5.59. The van der Waals surface area contributed by atoms with Gasteiger partial charge in [-0.15, -0.1) is 0 Å². The molecule has 4 rings (SSSR count). The van der Waals surface area contributed by atoms with Crippen molar-refractivity contribution in [2.75, 3.05) is 10.6 Å². The fraction of sp³-hybridized carbons (Fsp3) is 0. The average Bonchev–Trinajstić information content (AvgIpc) is 3.31. The van der Waals surface area contributed by atoms with Crippen molar-refractivity contribution >= 4 is 52.1 Å². The number of nitrogens with one attached hydrogen (secondary N) is 2. The fourth-order valence-electron chi connectivity index (χ4n) is 3.06. The molecule has 34 heavy (non-hydrogen) atoms. The van der Waals surface area contributed by atoms with Crippen LogP contribution in [0, 0.1) is 10.1 Å². The summed E-state index contributed by atoms with van der Waals surface area (Å²) in [6, 6.07) is 20.0. The Balaban J connectivity index is 1.39. The molecule has 0 aliphatic rings. The molecule has 0 atom stereocenters. The summed E-state index contributed by atoms with van der Waals surface area (Å²) in [7, 11) is 0. The molecule has 10 heteroatoms. The van der Waals surface area contributed by atoms with Crippen LogP contribution in [0.5, 0.6) is 0 Å². The minimum Gasteiger partial charge on any atom is -0.451 e. The molecule has 1 aromatic heterocycles. The SMILES string of the molecule is O=C(Nc1ccc(NC(=O)c2ccc(Cl)cc2Cl)cc1)c1ccc(-c2ccc([N+](=O)[O-])cc2)o1. The number of rotatable bonds is 6. The van der Waals surface area contributed by atoms with Crippen molar-refractivity contribution in [3.8, 4) is 11.3 Å². The maximum Gasteiger partial charge on any atom is 0.291 e. The largest absolute Gasteiger partial charge is 0.451 e. The first-order valence-electron chi connectivity index (χ1n) is 9.82. The number of carbonyl (C=O) groups excluding carboxylic acids is 2. The van der Waals surface area contributed by atoms with Crippen molar-refractivity contribution in [3.05, 3.63) is 110 Å². The minimum atomic E-state index is -0.492. The van der Waals surface area contributed by atoms with E-state index in [4.69, 9.17) is 27.6 Å². The highest BCUT2D eigenvalue weighted by Crippen LogP contribution is 2.26. The van der Waals surface area contributed by atoms with Crippen molar-refractivity contribution in [1.29, 1.82) is 0 Å². The molecule has 0 spiro atoms. The van der Waals surface area contributed by atoms with Gasteiger partial charge in [0.05, 0.1) is 15.5 Å². The number of halogens is 2. The first-order chi connectivity index (χ1) is 16.3. The first kappa shape index (κ1) is 23.0. The molecule has 0 unspecified atom stereocenters. The fourth-order valence-corrected chi connectivity index (χ4v) is 3.56. The predicted molar refractivity (Wildman–Crippen MR) is 130 cm³/mol. The topological polar surface area (TPSA) is 114 Å². The highest BCUT2D eigenvalue weighted by atomic mass is 35.5. The van der Waals surface area contributed by atoms with Crippen LogP contribution in [0.4, 0.5) is 17.1 Å². The van der Waals surface area contributed by atoms with Gasteiger partial charge in [-0.05, 0) is 66.7 Å². The molecule has 4 aromatic rings. The second-order valence-electron chi connectivity index (χ2n) is 7.08. The molecule has 1 heterocycles. The number of nitro benzene ring substituents is 1. The van der Waals surface area contributed by atoms with Gasteiger partial charge in [0.2, 0.25) is 0 Å². The van der Waals surface area contributed by atoms with Gasteiger partial charge < -0.3 is 15.1 Å². The Morgan fingerprint density at radius 2 is 1.41 bits per heavy atom. The van der Waals surface area contributed by atoms with Crippen LogP contribution in [0.2, 0.25) is 10.0 Å². The summed E-state index contributed by atoms with van der Waals surface area (Å²) in [6.07, 6.45) is 0. The van der Waals surface area contributed by atoms with Crippen molar-refractivity contribution < 1.29 is 18.9 Å². The van der Waals surface area contributed by atoms with Crippen molar-refractivity contribution in [2.45, 2.75) is 0 Å². The van der Waals surface area contributed by atoms with E-state index in [1.165, 1.54) is 30.3 Å². The molecule has 0 saturated heterocycles. The molecule has 2 N–H and O–H groups in total. The number of anilines is 2. The van der Waals surface area contributed by atoms with E-state index >= 15 is 0 Å². The highest BCUT2D eigenvalue weighted by Gasteiger charge is 2.15. The van der Waals surface area contributed by atoms with Crippen LogP contribution < -0.4 is 10.6 Å². The number of hydrogen-bond donors (Lipinski definition) is 2. The van der Waals surface area contributed by atoms with Crippen LogP contribution in [0.15, 0.2) is 83.3 Å². The van der Waals surface area contributed by atoms with Gasteiger partial charge in [-0.1, -0.05) is 23.2 Å². The predicted octanol–water partition coefficient (Wildman–Crippen LogP) is 6.67. The lowest BCUT2D eigenvalue weighted by Gasteiger charge is -2.08. The third-order valence-corrected chi connectivity index (χ3v) is 5.32. The minimum absolute atomic E-state index is 0.0378. The second-order valence-corrected chi connectivity index (χ2v) is 7.92. The van der Waals surface area contributed by atoms with Gasteiger partial charge in [0.1, 0.15) is 5.76 Å². The number of hydrogen-bond acceptors (Lipinski definition) is 5. The molecule has 0 saturated carbocycles. The summed E-state index contributed by atoms with van der Waals surface area (Å²) in [5.41, 5.74) is 1.84. The maximum absolute atomic E-state index is 12.5. The van der Waals surface area contributed by atoms with Gasteiger partial charge >= 0.3 is 0 Å². The third-order valence-electron chi connectivity index (χ3n) is 4.77. The Bertz CT molecular complexity index is 1380. The number of nitrogens with zero attached hydrogens (tertiary/aromatic N) is 1. The Labute approximate surface area is 203 Å². The van der Waals surface area contributed by atoms with Crippen molar-refractivity contribution in [1.82, 2.24) is 0 Å². The number of furan rings is 1. The zero-order valence-corrected chi connectivity index (χ0v) is 18.8. The summed E-state index contributed by atoms with van der Waals surface area (Å²) in [5.74, 6) is -0.396. The van der Waals surface area contributed by atoms with Crippen molar-refractivity contribution in [3.63, 3.8) is 0 Å². The lowest BCUT2D eigenvalue weighted by Crippen LogP contribution is -2.13. The zero-order valence-electron chi connectivity index (χ0n) is 17.2. The normalized spacial score (nSPS) is 10.5. The number of benzene rings is 3. The maximum atomic E-state index is 12.5. The van der Waals surface area contributed by atoms with Crippen LogP contribution >= 0.6 is 23.2 Å². The van der Waals surface area contributed by atoms with Gasteiger partial charge in [-0.2, -0.15) is 0 Å². The molecule has 0 fully saturated rings. The standard InChI is InChI=1S/C24H15Cl2N3O5/c25-15-3-10-19(20(26)13-15)23(30)27-16-4-6-17(7-5-16)28-24(31)22-12-11-21(34-22)14-1-8-18(9-2-14)29(32)33/h1-13H,(H,27,30)(H,28,31). The average molecular weight is 496 g/mol.